The summed E-state index contributed by atoms with van der Waals surface area (Å²) in [5, 5.41) is 16.0. The van der Waals surface area contributed by atoms with Gasteiger partial charge in [0.1, 0.15) is 5.75 Å². The maximum atomic E-state index is 10.5. The molecule has 0 amide bonds. The number of aryl methyl sites for hydroxylation is 1. The number of phenols is 1. The van der Waals surface area contributed by atoms with Crippen molar-refractivity contribution >= 4 is 11.3 Å². The molecule has 1 aromatic carbocycles. The van der Waals surface area contributed by atoms with Crippen LogP contribution in [0.4, 0.5) is 0 Å². The van der Waals surface area contributed by atoms with Crippen LogP contribution in [0, 0.1) is 6.92 Å². The Labute approximate surface area is 123 Å². The molecule has 1 atom stereocenters. The van der Waals surface area contributed by atoms with Crippen LogP contribution in [0.25, 0.3) is 0 Å². The summed E-state index contributed by atoms with van der Waals surface area (Å²) < 4.78 is 0. The van der Waals surface area contributed by atoms with Gasteiger partial charge < -0.3 is 10.4 Å². The van der Waals surface area contributed by atoms with Crippen LogP contribution >= 0.6 is 11.3 Å². The zero-order chi connectivity index (χ0) is 13.9. The molecule has 1 aliphatic heterocycles. The summed E-state index contributed by atoms with van der Waals surface area (Å²) in [6.07, 6.45) is 0. The predicted molar refractivity (Wildman–Crippen MR) is 83.4 cm³/mol. The molecule has 1 saturated heterocycles. The van der Waals surface area contributed by atoms with E-state index in [-0.39, 0.29) is 6.04 Å². The van der Waals surface area contributed by atoms with Crippen molar-refractivity contribution in [1.29, 1.82) is 0 Å². The predicted octanol–water partition coefficient (Wildman–Crippen LogP) is 2.76. The number of phenolic OH excluding ortho intramolecular Hbond substituents is 1. The summed E-state index contributed by atoms with van der Waals surface area (Å²) in [5.41, 5.74) is 1.97. The summed E-state index contributed by atoms with van der Waals surface area (Å²) in [5.74, 6) is 0.435. The minimum Gasteiger partial charge on any atom is -0.507 e. The van der Waals surface area contributed by atoms with Gasteiger partial charge in [0.2, 0.25) is 0 Å². The number of thiophene rings is 1. The number of hydrogen-bond donors (Lipinski definition) is 2. The van der Waals surface area contributed by atoms with Gasteiger partial charge in [-0.3, -0.25) is 4.90 Å². The summed E-state index contributed by atoms with van der Waals surface area (Å²) in [6, 6.07) is 10.5. The molecule has 0 saturated carbocycles. The van der Waals surface area contributed by atoms with Crippen molar-refractivity contribution in [2.45, 2.75) is 13.0 Å². The van der Waals surface area contributed by atoms with Crippen LogP contribution in [0.2, 0.25) is 0 Å². The van der Waals surface area contributed by atoms with E-state index in [9.17, 15) is 5.11 Å². The van der Waals surface area contributed by atoms with Crippen LogP contribution in [0.5, 0.6) is 5.75 Å². The molecular formula is C16H20N2OS. The number of nitrogens with one attached hydrogen (secondary N) is 1. The monoisotopic (exact) mass is 288 g/mol. The molecule has 0 bridgehead atoms. The Balaban J connectivity index is 2.03. The second-order valence-corrected chi connectivity index (χ2v) is 6.20. The van der Waals surface area contributed by atoms with Gasteiger partial charge in [0.05, 0.1) is 6.04 Å². The molecule has 0 aliphatic carbocycles. The largest absolute Gasteiger partial charge is 0.507 e. The molecule has 2 heterocycles. The summed E-state index contributed by atoms with van der Waals surface area (Å²) in [7, 11) is 0. The maximum Gasteiger partial charge on any atom is 0.123 e. The molecule has 0 radical (unpaired) electrons. The first-order valence-electron chi connectivity index (χ1n) is 7.04. The number of rotatable bonds is 3. The second kappa shape index (κ2) is 5.95. The molecule has 0 unspecified atom stereocenters. The minimum atomic E-state index is 0.164. The van der Waals surface area contributed by atoms with Crippen molar-refractivity contribution in [3.8, 4) is 5.75 Å². The zero-order valence-corrected chi connectivity index (χ0v) is 12.5. The van der Waals surface area contributed by atoms with Gasteiger partial charge in [0, 0.05) is 36.6 Å². The number of aromatic hydroxyl groups is 1. The number of benzene rings is 1. The lowest BCUT2D eigenvalue weighted by Crippen LogP contribution is -2.45. The first-order chi connectivity index (χ1) is 9.77. The van der Waals surface area contributed by atoms with E-state index in [1.165, 1.54) is 4.88 Å². The summed E-state index contributed by atoms with van der Waals surface area (Å²) in [6.45, 7) is 6.00. The van der Waals surface area contributed by atoms with Crippen LogP contribution in [0.15, 0.2) is 35.7 Å². The number of piperazine rings is 1. The quantitative estimate of drug-likeness (QED) is 0.911. The lowest BCUT2D eigenvalue weighted by Gasteiger charge is -2.35. The molecule has 1 aliphatic rings. The van der Waals surface area contributed by atoms with Gasteiger partial charge in [0.25, 0.3) is 0 Å². The Morgan fingerprint density at radius 2 is 2.00 bits per heavy atom. The molecule has 2 N–H and O–H groups in total. The van der Waals surface area contributed by atoms with E-state index in [2.05, 4.69) is 33.8 Å². The van der Waals surface area contributed by atoms with E-state index in [1.807, 2.05) is 19.1 Å². The first-order valence-corrected chi connectivity index (χ1v) is 7.92. The highest BCUT2D eigenvalue weighted by molar-refractivity contribution is 7.10. The fraction of sp³-hybridized carbons (Fsp3) is 0.375. The lowest BCUT2D eigenvalue weighted by atomic mass is 9.99. The van der Waals surface area contributed by atoms with Crippen molar-refractivity contribution in [2.75, 3.05) is 26.2 Å². The van der Waals surface area contributed by atoms with Crippen LogP contribution in [0.1, 0.15) is 22.0 Å². The maximum absolute atomic E-state index is 10.5. The van der Waals surface area contributed by atoms with E-state index < -0.39 is 0 Å². The smallest absolute Gasteiger partial charge is 0.123 e. The van der Waals surface area contributed by atoms with Gasteiger partial charge in [-0.15, -0.1) is 11.3 Å². The number of nitrogens with zero attached hydrogens (tertiary/aromatic N) is 1. The third-order valence-electron chi connectivity index (χ3n) is 3.89. The SMILES string of the molecule is Cc1cccc([C@@H](c2cccs2)N2CCNCC2)c1O. The second-order valence-electron chi connectivity index (χ2n) is 5.22. The third-order valence-corrected chi connectivity index (χ3v) is 4.82. The highest BCUT2D eigenvalue weighted by atomic mass is 32.1. The standard InChI is InChI=1S/C16H20N2OS/c1-12-4-2-5-13(16(12)19)15(14-6-3-11-20-14)18-9-7-17-8-10-18/h2-6,11,15,17,19H,7-10H2,1H3/t15-/m0/s1. The van der Waals surface area contributed by atoms with E-state index in [0.29, 0.717) is 5.75 Å². The Morgan fingerprint density at radius 3 is 2.70 bits per heavy atom. The molecule has 20 heavy (non-hydrogen) atoms. The third kappa shape index (κ3) is 2.59. The van der Waals surface area contributed by atoms with E-state index in [4.69, 9.17) is 0 Å². The normalized spacial score (nSPS) is 18.1. The molecule has 1 fully saturated rings. The first kappa shape index (κ1) is 13.6. The molecular weight excluding hydrogens is 268 g/mol. The molecule has 3 nitrogen and oxygen atoms in total. The van der Waals surface area contributed by atoms with Crippen molar-refractivity contribution in [2.24, 2.45) is 0 Å². The van der Waals surface area contributed by atoms with Gasteiger partial charge in [-0.25, -0.2) is 0 Å². The lowest BCUT2D eigenvalue weighted by molar-refractivity contribution is 0.198. The molecule has 106 valence electrons. The molecule has 2 aromatic rings. The van der Waals surface area contributed by atoms with E-state index in [0.717, 1.165) is 37.3 Å². The average molecular weight is 288 g/mol. The average Bonchev–Trinajstić information content (AvgIpc) is 2.99. The highest BCUT2D eigenvalue weighted by Gasteiger charge is 2.27. The Hall–Kier alpha value is -1.36. The van der Waals surface area contributed by atoms with Crippen molar-refractivity contribution < 1.29 is 5.11 Å². The van der Waals surface area contributed by atoms with Gasteiger partial charge >= 0.3 is 0 Å². The van der Waals surface area contributed by atoms with Crippen LogP contribution < -0.4 is 5.32 Å². The topological polar surface area (TPSA) is 35.5 Å². The minimum absolute atomic E-state index is 0.164. The summed E-state index contributed by atoms with van der Waals surface area (Å²) >= 11 is 1.76. The molecule has 0 spiro atoms. The van der Waals surface area contributed by atoms with Crippen LogP contribution in [-0.4, -0.2) is 36.2 Å². The Morgan fingerprint density at radius 1 is 1.20 bits per heavy atom. The highest BCUT2D eigenvalue weighted by Crippen LogP contribution is 2.37. The van der Waals surface area contributed by atoms with Gasteiger partial charge in [0.15, 0.2) is 0 Å². The summed E-state index contributed by atoms with van der Waals surface area (Å²) in [4.78, 5) is 3.75. The van der Waals surface area contributed by atoms with Crippen molar-refractivity contribution in [3.63, 3.8) is 0 Å². The van der Waals surface area contributed by atoms with E-state index >= 15 is 0 Å². The fourth-order valence-electron chi connectivity index (χ4n) is 2.82. The van der Waals surface area contributed by atoms with Crippen LogP contribution in [0.3, 0.4) is 0 Å². The zero-order valence-electron chi connectivity index (χ0n) is 11.7. The van der Waals surface area contributed by atoms with Crippen molar-refractivity contribution in [3.05, 3.63) is 51.7 Å². The van der Waals surface area contributed by atoms with Gasteiger partial charge in [-0.05, 0) is 23.9 Å². The molecule has 1 aromatic heterocycles. The Bertz CT molecular complexity index is 562. The molecule has 4 heteroatoms. The van der Waals surface area contributed by atoms with Crippen molar-refractivity contribution in [1.82, 2.24) is 10.2 Å². The van der Waals surface area contributed by atoms with Gasteiger partial charge in [-0.2, -0.15) is 0 Å². The van der Waals surface area contributed by atoms with Crippen LogP contribution in [-0.2, 0) is 0 Å². The van der Waals surface area contributed by atoms with E-state index in [1.54, 1.807) is 11.3 Å². The molecule has 3 rings (SSSR count). The number of hydrogen-bond acceptors (Lipinski definition) is 4. The fourth-order valence-corrected chi connectivity index (χ4v) is 3.70. The Kier molecular flexibility index (Phi) is 4.05. The number of para-hydroxylation sites is 1. The van der Waals surface area contributed by atoms with Gasteiger partial charge in [-0.1, -0.05) is 24.3 Å².